The number of phenolic OH excluding ortho intramolecular Hbond substituents is 2. The Morgan fingerprint density at radius 1 is 1.02 bits per heavy atom. The lowest BCUT2D eigenvalue weighted by atomic mass is 9.82. The van der Waals surface area contributed by atoms with E-state index in [1.165, 1.54) is 14.2 Å². The minimum atomic E-state index is -0.691. The highest BCUT2D eigenvalue weighted by Crippen LogP contribution is 2.45. The van der Waals surface area contributed by atoms with Gasteiger partial charge in [0.25, 0.3) is 0 Å². The molecule has 230 valence electrons. The first-order valence-corrected chi connectivity index (χ1v) is 14.4. The number of aromatic hydroxyl groups is 2. The third-order valence-electron chi connectivity index (χ3n) is 7.63. The molecule has 41 heavy (non-hydrogen) atoms. The molecule has 1 heterocycles. The average Bonchev–Trinajstić information content (AvgIpc) is 2.97. The molecule has 10 nitrogen and oxygen atoms in total. The van der Waals surface area contributed by atoms with Gasteiger partial charge in [0.1, 0.15) is 6.61 Å². The topological polar surface area (TPSA) is 139 Å². The third-order valence-corrected chi connectivity index (χ3v) is 7.63. The molecular weight excluding hydrogens is 530 g/mol. The summed E-state index contributed by atoms with van der Waals surface area (Å²) in [7, 11) is 4.67. The number of hydrogen-bond donors (Lipinski definition) is 5. The van der Waals surface area contributed by atoms with Crippen LogP contribution in [0.2, 0.25) is 0 Å². The van der Waals surface area contributed by atoms with Gasteiger partial charge in [0, 0.05) is 32.3 Å². The van der Waals surface area contributed by atoms with Crippen molar-refractivity contribution in [2.45, 2.75) is 69.8 Å². The number of ether oxygens (including phenoxy) is 5. The van der Waals surface area contributed by atoms with Crippen molar-refractivity contribution >= 4 is 0 Å². The average molecular weight is 578 g/mol. The minimum absolute atomic E-state index is 0.0713. The van der Waals surface area contributed by atoms with Crippen molar-refractivity contribution in [3.63, 3.8) is 0 Å². The van der Waals surface area contributed by atoms with Gasteiger partial charge in [-0.25, -0.2) is 0 Å². The molecule has 5 atom stereocenters. The standard InChI is InChI=1S/C31H47NO9/c1-5-32-22(7-6-14-37-2)19-40-29-17-21(16-28(39-4)30(29)36)31-24(12-13-33)26(35)18-23(41-31)10-8-20-9-11-25(34)27(15-20)38-3/h9,11,15-17,22-24,26,31-36H,5-8,10,12-14,18-19H2,1-4H3/t22-,23+,24+,26+,31+/m1/s1. The number of hydrogen-bond acceptors (Lipinski definition) is 10. The summed E-state index contributed by atoms with van der Waals surface area (Å²) in [6.45, 7) is 3.72. The molecule has 0 saturated carbocycles. The number of aryl methyl sites for hydroxylation is 1. The van der Waals surface area contributed by atoms with Gasteiger partial charge in [-0.05, 0) is 80.5 Å². The molecule has 1 aliphatic heterocycles. The van der Waals surface area contributed by atoms with Crippen LogP contribution >= 0.6 is 0 Å². The summed E-state index contributed by atoms with van der Waals surface area (Å²) in [4.78, 5) is 0. The lowest BCUT2D eigenvalue weighted by Gasteiger charge is -2.40. The van der Waals surface area contributed by atoms with Crippen molar-refractivity contribution in [1.82, 2.24) is 5.32 Å². The van der Waals surface area contributed by atoms with Crippen LogP contribution in [-0.2, 0) is 15.9 Å². The molecule has 0 bridgehead atoms. The third kappa shape index (κ3) is 9.11. The van der Waals surface area contributed by atoms with E-state index >= 15 is 0 Å². The summed E-state index contributed by atoms with van der Waals surface area (Å²) < 4.78 is 28.6. The van der Waals surface area contributed by atoms with Gasteiger partial charge in [-0.3, -0.25) is 0 Å². The number of aliphatic hydroxyl groups is 2. The largest absolute Gasteiger partial charge is 0.504 e. The normalized spacial score (nSPS) is 21.4. The lowest BCUT2D eigenvalue weighted by Crippen LogP contribution is -2.40. The van der Waals surface area contributed by atoms with Crippen LogP contribution in [0, 0.1) is 5.92 Å². The van der Waals surface area contributed by atoms with E-state index in [9.17, 15) is 20.4 Å². The van der Waals surface area contributed by atoms with Crippen molar-refractivity contribution in [2.75, 3.05) is 47.7 Å². The highest BCUT2D eigenvalue weighted by Gasteiger charge is 2.39. The summed E-state index contributed by atoms with van der Waals surface area (Å²) in [5.74, 6) is 0.557. The molecule has 3 rings (SSSR count). The monoisotopic (exact) mass is 577 g/mol. The predicted molar refractivity (Wildman–Crippen MR) is 155 cm³/mol. The van der Waals surface area contributed by atoms with Gasteiger partial charge in [0.15, 0.2) is 23.0 Å². The zero-order valence-corrected chi connectivity index (χ0v) is 24.7. The van der Waals surface area contributed by atoms with Gasteiger partial charge in [-0.15, -0.1) is 0 Å². The summed E-state index contributed by atoms with van der Waals surface area (Å²) in [5.41, 5.74) is 1.68. The van der Waals surface area contributed by atoms with Gasteiger partial charge < -0.3 is 49.4 Å². The Morgan fingerprint density at radius 3 is 2.46 bits per heavy atom. The molecule has 0 aromatic heterocycles. The van der Waals surface area contributed by atoms with Crippen LogP contribution in [0.3, 0.4) is 0 Å². The number of rotatable bonds is 17. The maximum Gasteiger partial charge on any atom is 0.200 e. The molecule has 1 fully saturated rings. The Hall–Kier alpha value is -2.76. The maximum atomic E-state index is 11.1. The quantitative estimate of drug-likeness (QED) is 0.177. The Labute approximate surface area is 243 Å². The van der Waals surface area contributed by atoms with Gasteiger partial charge in [-0.2, -0.15) is 0 Å². The number of phenols is 2. The smallest absolute Gasteiger partial charge is 0.200 e. The van der Waals surface area contributed by atoms with E-state index in [2.05, 4.69) is 5.32 Å². The van der Waals surface area contributed by atoms with Crippen molar-refractivity contribution in [3.8, 4) is 28.7 Å². The zero-order chi connectivity index (χ0) is 29.8. The molecule has 0 spiro atoms. The Morgan fingerprint density at radius 2 is 1.78 bits per heavy atom. The van der Waals surface area contributed by atoms with Gasteiger partial charge in [0.2, 0.25) is 5.75 Å². The fourth-order valence-corrected chi connectivity index (χ4v) is 5.45. The second-order valence-electron chi connectivity index (χ2n) is 10.5. The van der Waals surface area contributed by atoms with Crippen LogP contribution in [0.5, 0.6) is 28.7 Å². The Kier molecular flexibility index (Phi) is 13.3. The van der Waals surface area contributed by atoms with Crippen LogP contribution < -0.4 is 19.5 Å². The number of aliphatic hydroxyl groups excluding tert-OH is 2. The van der Waals surface area contributed by atoms with Crippen molar-refractivity contribution in [2.24, 2.45) is 5.92 Å². The molecule has 0 unspecified atom stereocenters. The molecule has 1 saturated heterocycles. The van der Waals surface area contributed by atoms with E-state index in [4.69, 9.17) is 23.7 Å². The van der Waals surface area contributed by atoms with Gasteiger partial charge in [0.05, 0.1) is 32.5 Å². The molecule has 10 heteroatoms. The van der Waals surface area contributed by atoms with Crippen molar-refractivity contribution in [1.29, 1.82) is 0 Å². The van der Waals surface area contributed by atoms with Gasteiger partial charge in [-0.1, -0.05) is 13.0 Å². The lowest BCUT2D eigenvalue weighted by molar-refractivity contribution is -0.144. The van der Waals surface area contributed by atoms with E-state index in [1.54, 1.807) is 31.4 Å². The molecule has 1 aliphatic rings. The summed E-state index contributed by atoms with van der Waals surface area (Å²) in [5, 5.41) is 45.1. The van der Waals surface area contributed by atoms with E-state index in [1.807, 2.05) is 13.0 Å². The van der Waals surface area contributed by atoms with E-state index < -0.39 is 12.2 Å². The molecule has 0 aliphatic carbocycles. The first kappa shape index (κ1) is 32.8. The number of benzene rings is 2. The van der Waals surface area contributed by atoms with Crippen LogP contribution in [0.25, 0.3) is 0 Å². The summed E-state index contributed by atoms with van der Waals surface area (Å²) in [6, 6.07) is 8.76. The molecule has 2 aromatic carbocycles. The van der Waals surface area contributed by atoms with E-state index in [-0.39, 0.29) is 47.7 Å². The Balaban J connectivity index is 1.81. The molecule has 0 radical (unpaired) electrons. The van der Waals surface area contributed by atoms with Crippen molar-refractivity contribution in [3.05, 3.63) is 41.5 Å². The highest BCUT2D eigenvalue weighted by molar-refractivity contribution is 5.53. The molecular formula is C31H47NO9. The second kappa shape index (κ2) is 16.6. The molecule has 0 amide bonds. The minimum Gasteiger partial charge on any atom is -0.504 e. The fraction of sp³-hybridized carbons (Fsp3) is 0.613. The number of likely N-dealkylation sites (N-methyl/N-ethyl adjacent to an activating group) is 1. The number of methoxy groups -OCH3 is 3. The zero-order valence-electron chi connectivity index (χ0n) is 24.7. The Bertz CT molecular complexity index is 1070. The van der Waals surface area contributed by atoms with Crippen LogP contribution in [-0.4, -0.2) is 86.4 Å². The summed E-state index contributed by atoms with van der Waals surface area (Å²) in [6.07, 6.45) is 2.32. The summed E-state index contributed by atoms with van der Waals surface area (Å²) >= 11 is 0. The van der Waals surface area contributed by atoms with E-state index in [0.29, 0.717) is 50.2 Å². The molecule has 5 N–H and O–H groups in total. The molecule has 2 aromatic rings. The predicted octanol–water partition coefficient (Wildman–Crippen LogP) is 3.72. The first-order chi connectivity index (χ1) is 19.8. The van der Waals surface area contributed by atoms with Gasteiger partial charge >= 0.3 is 0 Å². The number of nitrogens with one attached hydrogen (secondary N) is 1. The van der Waals surface area contributed by atoms with Crippen LogP contribution in [0.4, 0.5) is 0 Å². The van der Waals surface area contributed by atoms with Crippen LogP contribution in [0.15, 0.2) is 30.3 Å². The first-order valence-electron chi connectivity index (χ1n) is 14.4. The van der Waals surface area contributed by atoms with Crippen molar-refractivity contribution < 1.29 is 44.1 Å². The van der Waals surface area contributed by atoms with E-state index in [0.717, 1.165) is 24.9 Å². The second-order valence-corrected chi connectivity index (χ2v) is 10.5. The highest BCUT2D eigenvalue weighted by atomic mass is 16.5. The maximum absolute atomic E-state index is 11.1. The SMILES string of the molecule is CCN[C@H](CCCOC)COc1cc([C@@H]2O[C@@H](CCc3ccc(O)c(OC)c3)C[C@H](O)[C@@H]2CCO)cc(OC)c1O. The fourth-order valence-electron chi connectivity index (χ4n) is 5.45. The van der Waals surface area contributed by atoms with Crippen LogP contribution in [0.1, 0.15) is 56.3 Å².